The maximum Gasteiger partial charge on any atom is 0.167 e. The summed E-state index contributed by atoms with van der Waals surface area (Å²) in [4.78, 5) is 11.5. The van der Waals surface area contributed by atoms with Gasteiger partial charge in [-0.05, 0) is 31.9 Å². The molecule has 27 heavy (non-hydrogen) atoms. The lowest BCUT2D eigenvalue weighted by molar-refractivity contribution is 0.0985. The van der Waals surface area contributed by atoms with Crippen molar-refractivity contribution in [3.63, 3.8) is 0 Å². The van der Waals surface area contributed by atoms with E-state index < -0.39 is 9.73 Å². The maximum absolute atomic E-state index is 12.9. The highest BCUT2D eigenvalue weighted by Gasteiger charge is 2.31. The lowest BCUT2D eigenvalue weighted by Gasteiger charge is -2.34. The average Bonchev–Trinajstić information content (AvgIpc) is 3.47. The van der Waals surface area contributed by atoms with Crippen LogP contribution in [0, 0.1) is 0 Å². The molecule has 1 aromatic carbocycles. The summed E-state index contributed by atoms with van der Waals surface area (Å²) in [5, 5.41) is 0.175. The summed E-state index contributed by atoms with van der Waals surface area (Å²) < 4.78 is 23.0. The molecule has 1 aliphatic heterocycles. The van der Waals surface area contributed by atoms with Gasteiger partial charge in [-0.25, -0.2) is 14.2 Å². The minimum absolute atomic E-state index is 0.175. The van der Waals surface area contributed by atoms with E-state index >= 15 is 0 Å². The van der Waals surface area contributed by atoms with E-state index in [-0.39, 0.29) is 11.3 Å². The van der Waals surface area contributed by atoms with E-state index in [4.69, 9.17) is 15.5 Å². The van der Waals surface area contributed by atoms with Crippen molar-refractivity contribution in [1.82, 2.24) is 9.97 Å². The molecule has 2 fully saturated rings. The van der Waals surface area contributed by atoms with Gasteiger partial charge in [-0.3, -0.25) is 0 Å². The van der Waals surface area contributed by atoms with E-state index in [1.807, 2.05) is 30.3 Å². The van der Waals surface area contributed by atoms with E-state index in [2.05, 4.69) is 21.2 Å². The van der Waals surface area contributed by atoms with Crippen LogP contribution in [0.15, 0.2) is 34.7 Å². The van der Waals surface area contributed by atoms with Crippen LogP contribution in [0.1, 0.15) is 19.8 Å². The van der Waals surface area contributed by atoms with E-state index in [1.165, 1.54) is 0 Å². The quantitative estimate of drug-likeness (QED) is 0.811. The fourth-order valence-electron chi connectivity index (χ4n) is 3.26. The fourth-order valence-corrected chi connectivity index (χ4v) is 4.88. The molecule has 1 saturated carbocycles. The zero-order valence-corrected chi connectivity index (χ0v) is 16.5. The molecule has 7 nitrogen and oxygen atoms in total. The van der Waals surface area contributed by atoms with Crippen LogP contribution in [0.2, 0.25) is 0 Å². The van der Waals surface area contributed by atoms with Crippen molar-refractivity contribution in [2.75, 3.05) is 36.6 Å². The molecular formula is C19H25N5O2S. The Hall–Kier alpha value is -2.19. The molecule has 0 amide bonds. The molecule has 0 spiro atoms. The predicted octanol–water partition coefficient (Wildman–Crippen LogP) is 2.84. The van der Waals surface area contributed by atoms with Crippen molar-refractivity contribution in [3.8, 4) is 11.4 Å². The third kappa shape index (κ3) is 4.06. The zero-order valence-electron chi connectivity index (χ0n) is 15.7. The van der Waals surface area contributed by atoms with Gasteiger partial charge in [0.25, 0.3) is 0 Å². The highest BCUT2D eigenvalue weighted by atomic mass is 32.2. The summed E-state index contributed by atoms with van der Waals surface area (Å²) in [7, 11) is -2.29. The van der Waals surface area contributed by atoms with Crippen LogP contribution >= 0.6 is 0 Å². The van der Waals surface area contributed by atoms with Crippen molar-refractivity contribution in [2.45, 2.75) is 31.1 Å². The van der Waals surface area contributed by atoms with Crippen LogP contribution in [0.3, 0.4) is 0 Å². The van der Waals surface area contributed by atoms with Crippen LogP contribution in [0.25, 0.3) is 11.4 Å². The number of aromatic nitrogens is 2. The van der Waals surface area contributed by atoms with Crippen LogP contribution in [0.4, 0.5) is 17.3 Å². The zero-order chi connectivity index (χ0) is 19.0. The van der Waals surface area contributed by atoms with E-state index in [1.54, 1.807) is 6.26 Å². The summed E-state index contributed by atoms with van der Waals surface area (Å²) in [5.41, 5.74) is 7.41. The Morgan fingerprint density at radius 1 is 1.30 bits per heavy atom. The largest absolute Gasteiger partial charge is 0.399 e. The highest BCUT2D eigenvalue weighted by Crippen LogP contribution is 2.33. The number of hydrogen-bond donors (Lipinski definition) is 1. The summed E-state index contributed by atoms with van der Waals surface area (Å²) in [6.07, 6.45) is 3.67. The number of anilines is 2. The summed E-state index contributed by atoms with van der Waals surface area (Å²) in [5.74, 6) is 1.79. The molecular weight excluding hydrogens is 362 g/mol. The van der Waals surface area contributed by atoms with Gasteiger partial charge < -0.3 is 15.4 Å². The van der Waals surface area contributed by atoms with E-state index in [0.29, 0.717) is 30.5 Å². The second-order valence-electron chi connectivity index (χ2n) is 7.30. The van der Waals surface area contributed by atoms with Gasteiger partial charge in [0.05, 0.1) is 29.0 Å². The number of benzene rings is 1. The number of nitrogen functional groups attached to an aromatic ring is 1. The molecule has 1 aliphatic carbocycles. The molecule has 1 saturated heterocycles. The van der Waals surface area contributed by atoms with Gasteiger partial charge in [-0.1, -0.05) is 12.1 Å². The van der Waals surface area contributed by atoms with Crippen molar-refractivity contribution in [2.24, 2.45) is 4.36 Å². The number of ether oxygens (including phenoxy) is 1. The van der Waals surface area contributed by atoms with Crippen molar-refractivity contribution in [1.29, 1.82) is 0 Å². The molecule has 8 heteroatoms. The molecule has 2 atom stereocenters. The van der Waals surface area contributed by atoms with Gasteiger partial charge in [0.1, 0.15) is 5.82 Å². The number of nitrogens with zero attached hydrogens (tertiary/aromatic N) is 4. The topological polar surface area (TPSA) is 93.7 Å². The number of morpholine rings is 1. The number of hydrogen-bond acceptors (Lipinski definition) is 7. The lowest BCUT2D eigenvalue weighted by atomic mass is 10.2. The number of nitrogens with two attached hydrogens (primary N) is 1. The second-order valence-corrected chi connectivity index (χ2v) is 9.87. The Morgan fingerprint density at radius 2 is 2.11 bits per heavy atom. The average molecular weight is 388 g/mol. The highest BCUT2D eigenvalue weighted by molar-refractivity contribution is 7.93. The SMILES string of the molecule is C[C@@H]1COCCN1c1cc(N=[S@@](C)(=O)C2CC2)nc(-c2cccc(N)c2)n1. The molecule has 4 rings (SSSR count). The Morgan fingerprint density at radius 3 is 2.81 bits per heavy atom. The van der Waals surface area contributed by atoms with E-state index in [9.17, 15) is 4.21 Å². The summed E-state index contributed by atoms with van der Waals surface area (Å²) >= 11 is 0. The third-order valence-electron chi connectivity index (χ3n) is 4.92. The monoisotopic (exact) mass is 387 g/mol. The number of rotatable bonds is 4. The smallest absolute Gasteiger partial charge is 0.167 e. The second kappa shape index (κ2) is 7.09. The standard InChI is InChI=1S/C19H25N5O2S/c1-13-12-26-9-8-24(13)18-11-17(23-27(2,25)16-6-7-16)21-19(22-18)14-4-3-5-15(20)10-14/h3-5,10-11,13,16H,6-9,12,20H2,1-2H3/t13-,27+/m1/s1. The van der Waals surface area contributed by atoms with Crippen molar-refractivity contribution in [3.05, 3.63) is 30.3 Å². The van der Waals surface area contributed by atoms with E-state index in [0.717, 1.165) is 30.8 Å². The minimum atomic E-state index is -2.29. The Bertz CT molecular complexity index is 966. The first-order valence-electron chi connectivity index (χ1n) is 9.23. The first-order chi connectivity index (χ1) is 12.9. The van der Waals surface area contributed by atoms with Gasteiger partial charge in [0.15, 0.2) is 11.6 Å². The molecule has 2 N–H and O–H groups in total. The molecule has 2 aliphatic rings. The lowest BCUT2D eigenvalue weighted by Crippen LogP contribution is -2.44. The van der Waals surface area contributed by atoms with Crippen molar-refractivity contribution >= 4 is 27.1 Å². The first-order valence-corrected chi connectivity index (χ1v) is 11.2. The van der Waals surface area contributed by atoms with Gasteiger partial charge in [0, 0.05) is 35.4 Å². The predicted molar refractivity (Wildman–Crippen MR) is 109 cm³/mol. The van der Waals surface area contributed by atoms with Gasteiger partial charge in [-0.2, -0.15) is 4.36 Å². The Kier molecular flexibility index (Phi) is 4.77. The fraction of sp³-hybridized carbons (Fsp3) is 0.474. The normalized spacial score (nSPS) is 22.3. The summed E-state index contributed by atoms with van der Waals surface area (Å²) in [6.45, 7) is 4.15. The molecule has 0 unspecified atom stereocenters. The molecule has 0 bridgehead atoms. The van der Waals surface area contributed by atoms with Gasteiger partial charge in [0.2, 0.25) is 0 Å². The minimum Gasteiger partial charge on any atom is -0.399 e. The van der Waals surface area contributed by atoms with Crippen molar-refractivity contribution < 1.29 is 8.95 Å². The van der Waals surface area contributed by atoms with Crippen LogP contribution in [-0.4, -0.2) is 51.5 Å². The first kappa shape index (κ1) is 18.2. The van der Waals surface area contributed by atoms with Crippen LogP contribution in [0.5, 0.6) is 0 Å². The van der Waals surface area contributed by atoms with Crippen LogP contribution in [-0.2, 0) is 14.5 Å². The molecule has 2 heterocycles. The van der Waals surface area contributed by atoms with Crippen LogP contribution < -0.4 is 10.6 Å². The molecule has 0 radical (unpaired) electrons. The van der Waals surface area contributed by atoms with Gasteiger partial charge >= 0.3 is 0 Å². The Balaban J connectivity index is 1.82. The Labute approximate surface area is 160 Å². The van der Waals surface area contributed by atoms with Gasteiger partial charge in [-0.15, -0.1) is 0 Å². The molecule has 2 aromatic rings. The molecule has 144 valence electrons. The third-order valence-corrected chi connectivity index (χ3v) is 7.18. The molecule has 1 aromatic heterocycles. The maximum atomic E-state index is 12.9. The summed E-state index contributed by atoms with van der Waals surface area (Å²) in [6, 6.07) is 9.51.